The van der Waals surface area contributed by atoms with E-state index in [2.05, 4.69) is 0 Å². The van der Waals surface area contributed by atoms with Gasteiger partial charge in [-0.25, -0.2) is 0 Å². The maximum Gasteiger partial charge on any atom is 0.274 e. The highest BCUT2D eigenvalue weighted by molar-refractivity contribution is 6.31. The van der Waals surface area contributed by atoms with E-state index in [1.165, 1.54) is 6.07 Å². The Kier molecular flexibility index (Phi) is 4.48. The Labute approximate surface area is 106 Å². The monoisotopic (exact) mass is 256 g/mol. The van der Waals surface area contributed by atoms with Crippen LogP contribution < -0.4 is 5.73 Å². The fourth-order valence-corrected chi connectivity index (χ4v) is 2.19. The zero-order chi connectivity index (χ0) is 13.1. The number of nitro benzene ring substituents is 1. The molecule has 0 aliphatic rings. The van der Waals surface area contributed by atoms with Gasteiger partial charge in [0.2, 0.25) is 0 Å². The summed E-state index contributed by atoms with van der Waals surface area (Å²) >= 11 is 6.02. The van der Waals surface area contributed by atoms with Crippen LogP contribution in [0.25, 0.3) is 0 Å². The third kappa shape index (κ3) is 3.68. The smallest absolute Gasteiger partial charge is 0.274 e. The van der Waals surface area contributed by atoms with Gasteiger partial charge in [0, 0.05) is 11.6 Å². The number of benzene rings is 1. The largest absolute Gasteiger partial charge is 0.325 e. The Hall–Kier alpha value is -1.13. The van der Waals surface area contributed by atoms with Crippen molar-refractivity contribution in [2.75, 3.05) is 0 Å². The van der Waals surface area contributed by atoms with E-state index in [4.69, 9.17) is 17.3 Å². The molecule has 94 valence electrons. The highest BCUT2D eigenvalue weighted by Crippen LogP contribution is 2.30. The first-order valence-corrected chi connectivity index (χ1v) is 5.96. The van der Waals surface area contributed by atoms with E-state index in [0.29, 0.717) is 17.0 Å². The molecule has 1 aromatic carbocycles. The van der Waals surface area contributed by atoms with Crippen LogP contribution in [-0.4, -0.2) is 10.5 Å². The molecule has 5 heteroatoms. The summed E-state index contributed by atoms with van der Waals surface area (Å²) in [5.74, 6) is 0. The molecule has 4 nitrogen and oxygen atoms in total. The summed E-state index contributed by atoms with van der Waals surface area (Å²) in [6.07, 6.45) is 2.15. The molecule has 0 fully saturated rings. The summed E-state index contributed by atoms with van der Waals surface area (Å²) < 4.78 is 0. The number of halogens is 1. The minimum Gasteiger partial charge on any atom is -0.325 e. The van der Waals surface area contributed by atoms with Gasteiger partial charge in [0.1, 0.15) is 0 Å². The van der Waals surface area contributed by atoms with E-state index >= 15 is 0 Å². The molecule has 0 aliphatic heterocycles. The molecule has 0 aromatic heterocycles. The molecule has 1 aromatic rings. The third-order valence-corrected chi connectivity index (χ3v) is 3.05. The van der Waals surface area contributed by atoms with Crippen molar-refractivity contribution in [3.8, 4) is 0 Å². The predicted molar refractivity (Wildman–Crippen MR) is 69.3 cm³/mol. The molecular weight excluding hydrogens is 240 g/mol. The first-order valence-electron chi connectivity index (χ1n) is 5.58. The average molecular weight is 257 g/mol. The van der Waals surface area contributed by atoms with Crippen LogP contribution in [0, 0.1) is 10.1 Å². The number of nitro groups is 1. The summed E-state index contributed by atoms with van der Waals surface area (Å²) in [6, 6.07) is 4.70. The minimum atomic E-state index is -0.468. The van der Waals surface area contributed by atoms with Crippen LogP contribution >= 0.6 is 11.6 Å². The summed E-state index contributed by atoms with van der Waals surface area (Å²) in [5, 5.41) is 11.3. The average Bonchev–Trinajstić information content (AvgIpc) is 2.20. The van der Waals surface area contributed by atoms with Crippen molar-refractivity contribution >= 4 is 17.3 Å². The SMILES string of the molecule is CCCC(C)(N)Cc1c(Cl)cccc1[N+](=O)[O-]. The van der Waals surface area contributed by atoms with Gasteiger partial charge < -0.3 is 5.73 Å². The van der Waals surface area contributed by atoms with Crippen molar-refractivity contribution in [2.24, 2.45) is 5.73 Å². The van der Waals surface area contributed by atoms with Crippen molar-refractivity contribution < 1.29 is 4.92 Å². The van der Waals surface area contributed by atoms with Gasteiger partial charge in [0.25, 0.3) is 5.69 Å². The zero-order valence-corrected chi connectivity index (χ0v) is 10.8. The molecule has 0 saturated heterocycles. The van der Waals surface area contributed by atoms with E-state index < -0.39 is 10.5 Å². The normalized spacial score (nSPS) is 14.4. The van der Waals surface area contributed by atoms with E-state index in [0.717, 1.165) is 12.8 Å². The van der Waals surface area contributed by atoms with Crippen LogP contribution in [-0.2, 0) is 6.42 Å². The molecule has 0 bridgehead atoms. The summed E-state index contributed by atoms with van der Waals surface area (Å²) in [7, 11) is 0. The minimum absolute atomic E-state index is 0.0466. The highest BCUT2D eigenvalue weighted by atomic mass is 35.5. The molecule has 0 spiro atoms. The summed E-state index contributed by atoms with van der Waals surface area (Å²) in [5.41, 5.74) is 6.22. The Bertz CT molecular complexity index is 419. The van der Waals surface area contributed by atoms with Gasteiger partial charge in [-0.3, -0.25) is 10.1 Å². The van der Waals surface area contributed by atoms with Crippen LogP contribution in [0.4, 0.5) is 5.69 Å². The number of nitrogens with two attached hydrogens (primary N) is 1. The number of nitrogens with zero attached hydrogens (tertiary/aromatic N) is 1. The molecule has 0 radical (unpaired) electrons. The van der Waals surface area contributed by atoms with Crippen molar-refractivity contribution in [1.82, 2.24) is 0 Å². The number of hydrogen-bond acceptors (Lipinski definition) is 3. The Morgan fingerprint density at radius 1 is 1.53 bits per heavy atom. The van der Waals surface area contributed by atoms with Gasteiger partial charge in [-0.15, -0.1) is 0 Å². The lowest BCUT2D eigenvalue weighted by Crippen LogP contribution is -2.38. The quantitative estimate of drug-likeness (QED) is 0.649. The van der Waals surface area contributed by atoms with E-state index in [1.54, 1.807) is 12.1 Å². The van der Waals surface area contributed by atoms with E-state index in [9.17, 15) is 10.1 Å². The van der Waals surface area contributed by atoms with E-state index in [-0.39, 0.29) is 5.69 Å². The second kappa shape index (κ2) is 5.47. The van der Waals surface area contributed by atoms with Crippen molar-refractivity contribution in [3.63, 3.8) is 0 Å². The predicted octanol–water partition coefficient (Wildman–Crippen LogP) is 3.31. The molecular formula is C12H17ClN2O2. The molecule has 17 heavy (non-hydrogen) atoms. The molecule has 1 atom stereocenters. The van der Waals surface area contributed by atoms with Gasteiger partial charge in [-0.2, -0.15) is 0 Å². The molecule has 1 unspecified atom stereocenters. The Morgan fingerprint density at radius 3 is 2.71 bits per heavy atom. The van der Waals surface area contributed by atoms with Crippen molar-refractivity contribution in [3.05, 3.63) is 38.9 Å². The van der Waals surface area contributed by atoms with Crippen LogP contribution in [0.2, 0.25) is 5.02 Å². The summed E-state index contributed by atoms with van der Waals surface area (Å²) in [6.45, 7) is 3.93. The van der Waals surface area contributed by atoms with Crippen LogP contribution in [0.5, 0.6) is 0 Å². The number of rotatable bonds is 5. The van der Waals surface area contributed by atoms with Gasteiger partial charge in [0.05, 0.1) is 15.5 Å². The fourth-order valence-electron chi connectivity index (χ4n) is 1.96. The van der Waals surface area contributed by atoms with Gasteiger partial charge >= 0.3 is 0 Å². The lowest BCUT2D eigenvalue weighted by atomic mass is 9.89. The maximum absolute atomic E-state index is 10.9. The second-order valence-corrected chi connectivity index (χ2v) is 4.98. The highest BCUT2D eigenvalue weighted by Gasteiger charge is 2.25. The molecule has 0 aliphatic carbocycles. The third-order valence-electron chi connectivity index (χ3n) is 2.69. The standard InChI is InChI=1S/C12H17ClN2O2/c1-3-7-12(2,14)8-9-10(13)5-4-6-11(9)15(16)17/h4-6H,3,7-8,14H2,1-2H3. The Balaban J connectivity index is 3.08. The molecule has 0 heterocycles. The van der Waals surface area contributed by atoms with E-state index in [1.807, 2.05) is 13.8 Å². The second-order valence-electron chi connectivity index (χ2n) is 4.58. The van der Waals surface area contributed by atoms with Gasteiger partial charge in [-0.1, -0.05) is 31.0 Å². The lowest BCUT2D eigenvalue weighted by Gasteiger charge is -2.24. The zero-order valence-electron chi connectivity index (χ0n) is 10.1. The molecule has 1 rings (SSSR count). The fraction of sp³-hybridized carbons (Fsp3) is 0.500. The van der Waals surface area contributed by atoms with Crippen molar-refractivity contribution in [2.45, 2.75) is 38.6 Å². The first-order chi connectivity index (χ1) is 7.87. The summed E-state index contributed by atoms with van der Waals surface area (Å²) in [4.78, 5) is 10.5. The molecule has 0 amide bonds. The topological polar surface area (TPSA) is 69.2 Å². The van der Waals surface area contributed by atoms with Crippen LogP contribution in [0.1, 0.15) is 32.3 Å². The maximum atomic E-state index is 10.9. The number of hydrogen-bond donors (Lipinski definition) is 1. The lowest BCUT2D eigenvalue weighted by molar-refractivity contribution is -0.385. The van der Waals surface area contributed by atoms with Crippen molar-refractivity contribution in [1.29, 1.82) is 0 Å². The first kappa shape index (κ1) is 13.9. The molecule has 0 saturated carbocycles. The Morgan fingerprint density at radius 2 is 2.18 bits per heavy atom. The van der Waals surface area contributed by atoms with Gasteiger partial charge in [0.15, 0.2) is 0 Å². The van der Waals surface area contributed by atoms with Crippen LogP contribution in [0.15, 0.2) is 18.2 Å². The van der Waals surface area contributed by atoms with Crippen LogP contribution in [0.3, 0.4) is 0 Å². The molecule has 2 N–H and O–H groups in total. The van der Waals surface area contributed by atoms with Gasteiger partial charge in [-0.05, 0) is 25.8 Å².